The second kappa shape index (κ2) is 4.61. The molecular formula is C4H11KNO2S2+. The fourth-order valence-corrected chi connectivity index (χ4v) is 3.36. The molecule has 0 fully saturated rings. The fourth-order valence-electron chi connectivity index (χ4n) is 0.373. The van der Waals surface area contributed by atoms with E-state index in [1.165, 1.54) is 12.5 Å². The van der Waals surface area contributed by atoms with Crippen LogP contribution in [0.3, 0.4) is 0 Å². The maximum absolute atomic E-state index is 10.8. The molecule has 2 atom stereocenters. The maximum Gasteiger partial charge on any atom is 1.00 e. The average Bonchev–Trinajstić information content (AvgIpc) is 1.14. The van der Waals surface area contributed by atoms with Gasteiger partial charge in [-0.2, -0.15) is 4.13 Å². The van der Waals surface area contributed by atoms with E-state index in [2.05, 4.69) is 15.9 Å². The van der Waals surface area contributed by atoms with E-state index in [-0.39, 0.29) is 51.4 Å². The van der Waals surface area contributed by atoms with Gasteiger partial charge in [-0.1, -0.05) is 0 Å². The van der Waals surface area contributed by atoms with Crippen LogP contribution in [-0.4, -0.2) is 32.7 Å². The minimum Gasteiger partial charge on any atom is -0.252 e. The standard InChI is InChI=1S/C4H11NO2S2.K/c1-8(2,6)5-9(3,4)7;/h1,3H2,2,4H3,(H,5,6,7);/q;+1. The van der Waals surface area contributed by atoms with Gasteiger partial charge in [-0.3, -0.25) is 8.42 Å². The second-order valence-corrected chi connectivity index (χ2v) is 6.78. The van der Waals surface area contributed by atoms with Crippen molar-refractivity contribution in [3.63, 3.8) is 0 Å². The first kappa shape index (κ1) is 14.2. The van der Waals surface area contributed by atoms with Gasteiger partial charge in [0.2, 0.25) is 0 Å². The Balaban J connectivity index is 0. The van der Waals surface area contributed by atoms with Crippen molar-refractivity contribution in [3.05, 3.63) is 0 Å². The zero-order valence-electron chi connectivity index (χ0n) is 6.55. The summed E-state index contributed by atoms with van der Waals surface area (Å²) in [6, 6.07) is 0. The Bertz CT molecular complexity index is 246. The van der Waals surface area contributed by atoms with E-state index in [1.54, 1.807) is 0 Å². The van der Waals surface area contributed by atoms with E-state index in [0.717, 1.165) is 0 Å². The SMILES string of the molecule is C=S(C)(=O)NS(=C)(C)=O.[K+]. The van der Waals surface area contributed by atoms with Crippen molar-refractivity contribution < 1.29 is 59.8 Å². The van der Waals surface area contributed by atoms with Gasteiger partial charge in [-0.15, -0.1) is 0 Å². The van der Waals surface area contributed by atoms with E-state index in [9.17, 15) is 8.42 Å². The third-order valence-electron chi connectivity index (χ3n) is 0.353. The van der Waals surface area contributed by atoms with Crippen molar-refractivity contribution in [1.82, 2.24) is 4.13 Å². The van der Waals surface area contributed by atoms with E-state index in [1.807, 2.05) is 0 Å². The Hall–Kier alpha value is 1.64. The van der Waals surface area contributed by atoms with E-state index >= 15 is 0 Å². The molecule has 0 rings (SSSR count). The predicted octanol–water partition coefficient (Wildman–Crippen LogP) is -3.90. The van der Waals surface area contributed by atoms with E-state index < -0.39 is 19.4 Å². The van der Waals surface area contributed by atoms with Gasteiger partial charge >= 0.3 is 51.4 Å². The topological polar surface area (TPSA) is 46.2 Å². The van der Waals surface area contributed by atoms with Crippen molar-refractivity contribution in [2.45, 2.75) is 0 Å². The van der Waals surface area contributed by atoms with Crippen LogP contribution in [0.4, 0.5) is 0 Å². The van der Waals surface area contributed by atoms with Gasteiger partial charge in [-0.05, 0) is 11.7 Å². The Morgan fingerprint density at radius 1 is 1.10 bits per heavy atom. The molecule has 1 N–H and O–H groups in total. The summed E-state index contributed by atoms with van der Waals surface area (Å²) < 4.78 is 23.8. The summed E-state index contributed by atoms with van der Waals surface area (Å²) in [4.78, 5) is 0. The van der Waals surface area contributed by atoms with Crippen LogP contribution in [0.5, 0.6) is 0 Å². The van der Waals surface area contributed by atoms with Gasteiger partial charge in [0, 0.05) is 31.9 Å². The first-order chi connectivity index (χ1) is 3.71. The van der Waals surface area contributed by atoms with Crippen LogP contribution in [-0.2, 0) is 19.4 Å². The van der Waals surface area contributed by atoms with Crippen LogP contribution in [0, 0.1) is 0 Å². The van der Waals surface area contributed by atoms with E-state index in [4.69, 9.17) is 0 Å². The molecule has 0 saturated carbocycles. The molecule has 0 saturated heterocycles. The largest absolute Gasteiger partial charge is 1.00 e. The smallest absolute Gasteiger partial charge is 0.252 e. The van der Waals surface area contributed by atoms with Crippen molar-refractivity contribution in [2.24, 2.45) is 0 Å². The Morgan fingerprint density at radius 3 is 1.30 bits per heavy atom. The predicted molar refractivity (Wildman–Crippen MR) is 45.5 cm³/mol. The fraction of sp³-hybridized carbons (Fsp3) is 0.500. The van der Waals surface area contributed by atoms with Crippen LogP contribution in [0.2, 0.25) is 0 Å². The zero-order valence-corrected chi connectivity index (χ0v) is 11.3. The quantitative estimate of drug-likeness (QED) is 0.372. The molecule has 0 aliphatic heterocycles. The van der Waals surface area contributed by atoms with Crippen molar-refractivity contribution >= 4 is 31.2 Å². The summed E-state index contributed by atoms with van der Waals surface area (Å²) in [5.41, 5.74) is 0. The monoisotopic (exact) mass is 208 g/mol. The first-order valence-electron chi connectivity index (χ1n) is 2.14. The van der Waals surface area contributed by atoms with Crippen LogP contribution < -0.4 is 55.5 Å². The molecule has 56 valence electrons. The van der Waals surface area contributed by atoms with Gasteiger partial charge in [0.15, 0.2) is 0 Å². The molecule has 0 amide bonds. The number of rotatable bonds is 2. The minimum absolute atomic E-state index is 0. The Kier molecular flexibility index (Phi) is 6.54. The summed E-state index contributed by atoms with van der Waals surface area (Å²) in [7, 11) is -4.74. The molecule has 0 aromatic heterocycles. The third-order valence-corrected chi connectivity index (χ3v) is 3.17. The van der Waals surface area contributed by atoms with Gasteiger partial charge in [-0.25, -0.2) is 0 Å². The number of hydrogen-bond donors (Lipinski definition) is 1. The summed E-state index contributed by atoms with van der Waals surface area (Å²) in [6.45, 7) is 0. The molecule has 0 aromatic carbocycles. The molecule has 0 heterocycles. The van der Waals surface area contributed by atoms with Crippen LogP contribution in [0.1, 0.15) is 0 Å². The summed E-state index contributed by atoms with van der Waals surface area (Å²) in [5.74, 6) is 6.51. The van der Waals surface area contributed by atoms with Crippen molar-refractivity contribution in [1.29, 1.82) is 0 Å². The van der Waals surface area contributed by atoms with Gasteiger partial charge in [0.25, 0.3) is 0 Å². The number of nitrogens with one attached hydrogen (secondary N) is 1. The molecule has 0 aliphatic rings. The van der Waals surface area contributed by atoms with Gasteiger partial charge < -0.3 is 0 Å². The average molecular weight is 208 g/mol. The normalized spacial score (nSPS) is 21.8. The Morgan fingerprint density at radius 2 is 1.30 bits per heavy atom. The second-order valence-electron chi connectivity index (χ2n) is 2.09. The van der Waals surface area contributed by atoms with Crippen molar-refractivity contribution in [3.8, 4) is 0 Å². The molecular weight excluding hydrogens is 197 g/mol. The summed E-state index contributed by atoms with van der Waals surface area (Å²) in [6.07, 6.45) is 2.75. The molecule has 6 heteroatoms. The molecule has 10 heavy (non-hydrogen) atoms. The Labute approximate surface area is 106 Å². The van der Waals surface area contributed by atoms with Crippen LogP contribution in [0.25, 0.3) is 0 Å². The minimum atomic E-state index is -2.37. The zero-order chi connectivity index (χ0) is 7.71. The van der Waals surface area contributed by atoms with Crippen molar-refractivity contribution in [2.75, 3.05) is 12.5 Å². The molecule has 0 aromatic rings. The molecule has 2 unspecified atom stereocenters. The van der Waals surface area contributed by atoms with E-state index in [0.29, 0.717) is 0 Å². The molecule has 0 radical (unpaired) electrons. The van der Waals surface area contributed by atoms with Gasteiger partial charge in [0.05, 0.1) is 0 Å². The summed E-state index contributed by atoms with van der Waals surface area (Å²) >= 11 is 0. The molecule has 0 spiro atoms. The van der Waals surface area contributed by atoms with Crippen LogP contribution in [0.15, 0.2) is 0 Å². The molecule has 0 aliphatic carbocycles. The van der Waals surface area contributed by atoms with Crippen LogP contribution >= 0.6 is 0 Å². The first-order valence-corrected chi connectivity index (χ1v) is 6.41. The summed E-state index contributed by atoms with van der Waals surface area (Å²) in [5, 5.41) is 0. The molecule has 3 nitrogen and oxygen atoms in total. The van der Waals surface area contributed by atoms with Gasteiger partial charge in [0.1, 0.15) is 0 Å². The third kappa shape index (κ3) is 12.3. The molecule has 0 bridgehead atoms. The number of hydrogen-bond acceptors (Lipinski definition) is 2. The maximum atomic E-state index is 10.8.